The van der Waals surface area contributed by atoms with Gasteiger partial charge in [0, 0.05) is 28.9 Å². The van der Waals surface area contributed by atoms with Gasteiger partial charge in [0.05, 0.1) is 19.8 Å². The first kappa shape index (κ1) is 20.4. The van der Waals surface area contributed by atoms with E-state index < -0.39 is 5.92 Å². The zero-order valence-electron chi connectivity index (χ0n) is 14.1. The number of aromatic hydroxyl groups is 1. The number of rotatable bonds is 9. The molecule has 0 saturated heterocycles. The Morgan fingerprint density at radius 1 is 1.19 bits per heavy atom. The highest BCUT2D eigenvalue weighted by atomic mass is 79.9. The number of hydrogen-bond acceptors (Lipinski definition) is 4. The first-order valence-electron chi connectivity index (χ1n) is 8.20. The van der Waals surface area contributed by atoms with E-state index in [2.05, 4.69) is 21.2 Å². The predicted octanol–water partition coefficient (Wildman–Crippen LogP) is 2.94. The number of aliphatic hydroxyl groups excluding tert-OH is 1. The quantitative estimate of drug-likeness (QED) is 0.539. The van der Waals surface area contributed by atoms with Gasteiger partial charge in [0.25, 0.3) is 0 Å². The number of hydrogen-bond donors (Lipinski definition) is 3. The van der Waals surface area contributed by atoms with Crippen LogP contribution in [0.3, 0.4) is 0 Å². The molecular weight excluding hydrogens is 405 g/mol. The molecule has 0 heterocycles. The van der Waals surface area contributed by atoms with Crippen LogP contribution in [-0.4, -0.2) is 42.5 Å². The Morgan fingerprint density at radius 2 is 1.92 bits per heavy atom. The summed E-state index contributed by atoms with van der Waals surface area (Å²) in [6.07, 6.45) is 0.0929. The topological polar surface area (TPSA) is 78.8 Å². The van der Waals surface area contributed by atoms with Gasteiger partial charge >= 0.3 is 0 Å². The third-order valence-corrected chi connectivity index (χ3v) is 4.32. The molecule has 2 aromatic rings. The molecule has 3 N–H and O–H groups in total. The van der Waals surface area contributed by atoms with Crippen LogP contribution in [0.25, 0.3) is 0 Å². The smallest absolute Gasteiger partial charge is 0.221 e. The fourth-order valence-electron chi connectivity index (χ4n) is 2.59. The van der Waals surface area contributed by atoms with Crippen molar-refractivity contribution in [3.05, 3.63) is 63.9 Å². The number of phenols is 1. The number of phenolic OH excluding ortho intramolecular Hbond substituents is 1. The van der Waals surface area contributed by atoms with Gasteiger partial charge in [0.1, 0.15) is 11.6 Å². The SMILES string of the molecule is O=C(CC(c1ccc(F)cc1)c1cc(Br)ccc1O)NCCOCCO. The summed E-state index contributed by atoms with van der Waals surface area (Å²) < 4.78 is 19.1. The van der Waals surface area contributed by atoms with Gasteiger partial charge in [-0.2, -0.15) is 0 Å². The second kappa shape index (κ2) is 10.3. The van der Waals surface area contributed by atoms with E-state index in [0.29, 0.717) is 18.7 Å². The molecule has 0 aromatic heterocycles. The summed E-state index contributed by atoms with van der Waals surface area (Å²) >= 11 is 3.37. The van der Waals surface area contributed by atoms with Crippen molar-refractivity contribution in [3.8, 4) is 5.75 Å². The summed E-state index contributed by atoms with van der Waals surface area (Å²) in [5.41, 5.74) is 1.31. The summed E-state index contributed by atoms with van der Waals surface area (Å²) in [5.74, 6) is -0.934. The Hall–Kier alpha value is -1.96. The third kappa shape index (κ3) is 6.09. The van der Waals surface area contributed by atoms with Crippen molar-refractivity contribution >= 4 is 21.8 Å². The highest BCUT2D eigenvalue weighted by Gasteiger charge is 2.21. The third-order valence-electron chi connectivity index (χ3n) is 3.83. The average molecular weight is 426 g/mol. The molecule has 2 rings (SSSR count). The van der Waals surface area contributed by atoms with Crippen molar-refractivity contribution < 1.29 is 24.1 Å². The number of halogens is 2. The van der Waals surface area contributed by atoms with Gasteiger partial charge < -0.3 is 20.3 Å². The monoisotopic (exact) mass is 425 g/mol. The van der Waals surface area contributed by atoms with Gasteiger partial charge in [-0.05, 0) is 35.9 Å². The van der Waals surface area contributed by atoms with Gasteiger partial charge in [-0.15, -0.1) is 0 Å². The first-order chi connectivity index (χ1) is 12.5. The zero-order chi connectivity index (χ0) is 18.9. The van der Waals surface area contributed by atoms with Crippen LogP contribution in [0, 0.1) is 5.82 Å². The fourth-order valence-corrected chi connectivity index (χ4v) is 2.97. The fraction of sp³-hybridized carbons (Fsp3) is 0.316. The van der Waals surface area contributed by atoms with Crippen molar-refractivity contribution in [3.63, 3.8) is 0 Å². The van der Waals surface area contributed by atoms with Crippen LogP contribution in [-0.2, 0) is 9.53 Å². The molecule has 0 aliphatic carbocycles. The molecule has 1 amide bonds. The van der Waals surface area contributed by atoms with E-state index in [9.17, 15) is 14.3 Å². The van der Waals surface area contributed by atoms with Crippen LogP contribution < -0.4 is 5.32 Å². The Balaban J connectivity index is 2.15. The molecule has 1 atom stereocenters. The van der Waals surface area contributed by atoms with Crippen LogP contribution in [0.2, 0.25) is 0 Å². The van der Waals surface area contributed by atoms with Crippen molar-refractivity contribution in [2.45, 2.75) is 12.3 Å². The maximum atomic E-state index is 13.3. The highest BCUT2D eigenvalue weighted by molar-refractivity contribution is 9.10. The average Bonchev–Trinajstić information content (AvgIpc) is 2.62. The van der Waals surface area contributed by atoms with E-state index in [-0.39, 0.29) is 37.1 Å². The molecule has 0 fully saturated rings. The first-order valence-corrected chi connectivity index (χ1v) is 8.99. The van der Waals surface area contributed by atoms with E-state index in [0.717, 1.165) is 10.0 Å². The Labute approximate surface area is 159 Å². The normalized spacial score (nSPS) is 12.0. The van der Waals surface area contributed by atoms with Gasteiger partial charge in [-0.25, -0.2) is 4.39 Å². The number of nitrogens with one attached hydrogen (secondary N) is 1. The second-order valence-electron chi connectivity index (χ2n) is 5.70. The number of aliphatic hydroxyl groups is 1. The minimum Gasteiger partial charge on any atom is -0.508 e. The molecule has 0 radical (unpaired) electrons. The van der Waals surface area contributed by atoms with E-state index in [1.807, 2.05) is 0 Å². The lowest BCUT2D eigenvalue weighted by Gasteiger charge is -2.19. The molecule has 0 aliphatic heterocycles. The molecular formula is C19H21BrFNO4. The van der Waals surface area contributed by atoms with Crippen LogP contribution in [0.5, 0.6) is 5.75 Å². The van der Waals surface area contributed by atoms with Crippen molar-refractivity contribution in [1.29, 1.82) is 0 Å². The number of ether oxygens (including phenoxy) is 1. The number of carbonyl (C=O) groups excluding carboxylic acids is 1. The molecule has 26 heavy (non-hydrogen) atoms. The lowest BCUT2D eigenvalue weighted by atomic mass is 9.87. The van der Waals surface area contributed by atoms with Gasteiger partial charge in [0.15, 0.2) is 0 Å². The molecule has 1 unspecified atom stereocenters. The molecule has 0 spiro atoms. The maximum absolute atomic E-state index is 13.3. The summed E-state index contributed by atoms with van der Waals surface area (Å²) in [6.45, 7) is 0.776. The Bertz CT molecular complexity index is 724. The predicted molar refractivity (Wildman–Crippen MR) is 99.6 cm³/mol. The Kier molecular flexibility index (Phi) is 8.03. The van der Waals surface area contributed by atoms with Gasteiger partial charge in [-0.1, -0.05) is 28.1 Å². The zero-order valence-corrected chi connectivity index (χ0v) is 15.7. The van der Waals surface area contributed by atoms with E-state index in [1.54, 1.807) is 30.3 Å². The number of benzene rings is 2. The summed E-state index contributed by atoms with van der Waals surface area (Å²) in [6, 6.07) is 10.9. The van der Waals surface area contributed by atoms with E-state index >= 15 is 0 Å². The molecule has 2 aromatic carbocycles. The van der Waals surface area contributed by atoms with Crippen LogP contribution in [0.1, 0.15) is 23.5 Å². The van der Waals surface area contributed by atoms with Crippen LogP contribution in [0.4, 0.5) is 4.39 Å². The number of amides is 1. The molecule has 0 saturated carbocycles. The van der Waals surface area contributed by atoms with E-state index in [4.69, 9.17) is 9.84 Å². The molecule has 5 nitrogen and oxygen atoms in total. The standard InChI is InChI=1S/C19H21BrFNO4/c20-14-3-6-18(24)17(11-14)16(13-1-4-15(21)5-2-13)12-19(25)22-7-9-26-10-8-23/h1-6,11,16,23-24H,7-10,12H2,(H,22,25). The summed E-state index contributed by atoms with van der Waals surface area (Å²) in [7, 11) is 0. The lowest BCUT2D eigenvalue weighted by Crippen LogP contribution is -2.29. The summed E-state index contributed by atoms with van der Waals surface area (Å²) in [4.78, 5) is 12.3. The minimum atomic E-state index is -0.425. The lowest BCUT2D eigenvalue weighted by molar-refractivity contribution is -0.121. The maximum Gasteiger partial charge on any atom is 0.221 e. The van der Waals surface area contributed by atoms with E-state index in [1.165, 1.54) is 12.1 Å². The largest absolute Gasteiger partial charge is 0.508 e. The number of carbonyl (C=O) groups is 1. The minimum absolute atomic E-state index is 0.0667. The Morgan fingerprint density at radius 3 is 2.62 bits per heavy atom. The van der Waals surface area contributed by atoms with Crippen LogP contribution in [0.15, 0.2) is 46.9 Å². The molecule has 140 valence electrons. The van der Waals surface area contributed by atoms with Gasteiger partial charge in [0.2, 0.25) is 5.91 Å². The highest BCUT2D eigenvalue weighted by Crippen LogP contribution is 2.35. The molecule has 0 aliphatic rings. The molecule has 7 heteroatoms. The van der Waals surface area contributed by atoms with Crippen molar-refractivity contribution in [2.75, 3.05) is 26.4 Å². The summed E-state index contributed by atoms with van der Waals surface area (Å²) in [5, 5.41) is 21.6. The second-order valence-corrected chi connectivity index (χ2v) is 6.61. The van der Waals surface area contributed by atoms with Gasteiger partial charge in [-0.3, -0.25) is 4.79 Å². The van der Waals surface area contributed by atoms with Crippen molar-refractivity contribution in [2.24, 2.45) is 0 Å². The molecule has 0 bridgehead atoms. The van der Waals surface area contributed by atoms with Crippen molar-refractivity contribution in [1.82, 2.24) is 5.32 Å². The van der Waals surface area contributed by atoms with Crippen LogP contribution >= 0.6 is 15.9 Å².